The standard InChI is InChI=1S/C18H15S.3C2H6.CH3/c1-4-10-16(11-5-1)19(17-12-6-2-7-13-17)18-14-8-3-9-15-18;3*1-2;/h1-15H;3*1-2H3;1H3/q+1;;;;-1. The molecule has 0 aliphatic rings. The van der Waals surface area contributed by atoms with Gasteiger partial charge in [-0.25, -0.2) is 0 Å². The van der Waals surface area contributed by atoms with Crippen molar-refractivity contribution in [3.63, 3.8) is 0 Å². The molecular formula is C25H36S. The molecule has 3 rings (SSSR count). The van der Waals surface area contributed by atoms with Gasteiger partial charge in [0, 0.05) is 0 Å². The van der Waals surface area contributed by atoms with Gasteiger partial charge in [0.25, 0.3) is 0 Å². The van der Waals surface area contributed by atoms with Crippen molar-refractivity contribution in [1.29, 1.82) is 0 Å². The molecule has 142 valence electrons. The Kier molecular flexibility index (Phi) is 18.0. The van der Waals surface area contributed by atoms with Crippen LogP contribution in [0.5, 0.6) is 0 Å². The van der Waals surface area contributed by atoms with Gasteiger partial charge < -0.3 is 7.43 Å². The van der Waals surface area contributed by atoms with Crippen LogP contribution in [0.15, 0.2) is 106 Å². The van der Waals surface area contributed by atoms with E-state index in [4.69, 9.17) is 0 Å². The molecule has 0 saturated heterocycles. The van der Waals surface area contributed by atoms with Gasteiger partial charge in [-0.05, 0) is 36.4 Å². The minimum absolute atomic E-state index is 0. The molecule has 3 aromatic rings. The molecule has 0 radical (unpaired) electrons. The Hall–Kier alpha value is -1.99. The van der Waals surface area contributed by atoms with Gasteiger partial charge in [0.05, 0.1) is 10.9 Å². The highest BCUT2D eigenvalue weighted by molar-refractivity contribution is 7.97. The summed E-state index contributed by atoms with van der Waals surface area (Å²) in [6, 6.07) is 32.2. The zero-order valence-corrected chi connectivity index (χ0v) is 18.4. The van der Waals surface area contributed by atoms with E-state index in [1.165, 1.54) is 14.7 Å². The van der Waals surface area contributed by atoms with Gasteiger partial charge in [-0.1, -0.05) is 96.1 Å². The lowest BCUT2D eigenvalue weighted by Gasteiger charge is -2.07. The van der Waals surface area contributed by atoms with E-state index in [0.717, 1.165) is 0 Å². The highest BCUT2D eigenvalue weighted by atomic mass is 32.2. The molecule has 0 aromatic heterocycles. The van der Waals surface area contributed by atoms with Crippen molar-refractivity contribution < 1.29 is 0 Å². The molecule has 0 saturated carbocycles. The maximum atomic E-state index is 2.21. The molecule has 0 aliphatic carbocycles. The van der Waals surface area contributed by atoms with E-state index in [-0.39, 0.29) is 18.3 Å². The molecule has 0 N–H and O–H groups in total. The Balaban J connectivity index is 0. The smallest absolute Gasteiger partial charge is 0.166 e. The van der Waals surface area contributed by atoms with Gasteiger partial charge in [0.1, 0.15) is 0 Å². The van der Waals surface area contributed by atoms with Crippen LogP contribution < -0.4 is 0 Å². The molecule has 26 heavy (non-hydrogen) atoms. The van der Waals surface area contributed by atoms with Gasteiger partial charge in [-0.15, -0.1) is 0 Å². The fourth-order valence-electron chi connectivity index (χ4n) is 2.08. The Labute approximate surface area is 165 Å². The predicted molar refractivity (Wildman–Crippen MR) is 122 cm³/mol. The summed E-state index contributed by atoms with van der Waals surface area (Å²) in [6.07, 6.45) is 0. The summed E-state index contributed by atoms with van der Waals surface area (Å²) in [7, 11) is -0.0146. The number of hydrogen-bond acceptors (Lipinski definition) is 0. The number of rotatable bonds is 3. The molecule has 0 spiro atoms. The molecule has 3 aromatic carbocycles. The normalized spacial score (nSPS) is 8.42. The van der Waals surface area contributed by atoms with Crippen LogP contribution >= 0.6 is 0 Å². The first-order valence-electron chi connectivity index (χ1n) is 9.34. The Morgan fingerprint density at radius 3 is 0.769 bits per heavy atom. The van der Waals surface area contributed by atoms with Gasteiger partial charge in [0.15, 0.2) is 14.7 Å². The van der Waals surface area contributed by atoms with Crippen LogP contribution in [0.4, 0.5) is 0 Å². The van der Waals surface area contributed by atoms with E-state index in [1.54, 1.807) is 0 Å². The highest BCUT2D eigenvalue weighted by Gasteiger charge is 2.27. The quantitative estimate of drug-likeness (QED) is 0.322. The third-order valence-corrected chi connectivity index (χ3v) is 5.17. The fraction of sp³-hybridized carbons (Fsp3) is 0.240. The van der Waals surface area contributed by atoms with E-state index >= 15 is 0 Å². The number of hydrogen-bond donors (Lipinski definition) is 0. The summed E-state index contributed by atoms with van der Waals surface area (Å²) in [6.45, 7) is 12.0. The summed E-state index contributed by atoms with van der Waals surface area (Å²) >= 11 is 0. The van der Waals surface area contributed by atoms with E-state index in [0.29, 0.717) is 0 Å². The van der Waals surface area contributed by atoms with Gasteiger partial charge in [-0.3, -0.25) is 0 Å². The average Bonchev–Trinajstić information content (AvgIpc) is 2.75. The Morgan fingerprint density at radius 2 is 0.577 bits per heavy atom. The molecule has 0 fully saturated rings. The van der Waals surface area contributed by atoms with Crippen LogP contribution in [0.1, 0.15) is 41.5 Å². The van der Waals surface area contributed by atoms with Gasteiger partial charge in [-0.2, -0.15) is 0 Å². The van der Waals surface area contributed by atoms with Crippen molar-refractivity contribution in [2.75, 3.05) is 0 Å². The third-order valence-electron chi connectivity index (χ3n) is 2.94. The second-order valence-electron chi connectivity index (χ2n) is 4.25. The van der Waals surface area contributed by atoms with Crippen LogP contribution in [0.2, 0.25) is 0 Å². The first kappa shape index (κ1) is 26.2. The van der Waals surface area contributed by atoms with Crippen LogP contribution in [0, 0.1) is 7.43 Å². The maximum absolute atomic E-state index is 2.21. The minimum Gasteiger partial charge on any atom is -0.358 e. The minimum atomic E-state index is -0.0146. The van der Waals surface area contributed by atoms with E-state index in [9.17, 15) is 0 Å². The van der Waals surface area contributed by atoms with Crippen LogP contribution in [0.3, 0.4) is 0 Å². The van der Waals surface area contributed by atoms with Gasteiger partial charge in [0.2, 0.25) is 0 Å². The predicted octanol–water partition coefficient (Wildman–Crippen LogP) is 8.31. The summed E-state index contributed by atoms with van der Waals surface area (Å²) in [5, 5.41) is 0. The molecule has 0 atom stereocenters. The average molecular weight is 369 g/mol. The summed E-state index contributed by atoms with van der Waals surface area (Å²) in [5.41, 5.74) is 0. The second kappa shape index (κ2) is 17.8. The molecule has 0 unspecified atom stereocenters. The second-order valence-corrected chi connectivity index (χ2v) is 6.27. The van der Waals surface area contributed by atoms with Crippen molar-refractivity contribution in [3.8, 4) is 0 Å². The first-order chi connectivity index (χ1) is 12.4. The zero-order chi connectivity index (χ0) is 18.9. The Bertz CT molecular complexity index is 524. The monoisotopic (exact) mass is 368 g/mol. The van der Waals surface area contributed by atoms with E-state index in [1.807, 2.05) is 41.5 Å². The lowest BCUT2D eigenvalue weighted by molar-refractivity contribution is 1.32. The van der Waals surface area contributed by atoms with Crippen LogP contribution in [-0.4, -0.2) is 0 Å². The van der Waals surface area contributed by atoms with Gasteiger partial charge >= 0.3 is 0 Å². The molecule has 1 heteroatoms. The van der Waals surface area contributed by atoms with E-state index < -0.39 is 0 Å². The lowest BCUT2D eigenvalue weighted by atomic mass is 10.4. The molecule has 0 aliphatic heterocycles. The van der Waals surface area contributed by atoms with Crippen molar-refractivity contribution >= 4 is 10.9 Å². The highest BCUT2D eigenvalue weighted by Crippen LogP contribution is 2.30. The molecular weight excluding hydrogens is 332 g/mol. The van der Waals surface area contributed by atoms with Crippen molar-refractivity contribution in [2.24, 2.45) is 0 Å². The SMILES string of the molecule is CC.CC.CC.[CH3-].c1ccc([S+](c2ccccc2)c2ccccc2)cc1. The van der Waals surface area contributed by atoms with Crippen LogP contribution in [0.25, 0.3) is 0 Å². The molecule has 0 heterocycles. The molecule has 0 nitrogen and oxygen atoms in total. The van der Waals surface area contributed by atoms with Crippen molar-refractivity contribution in [2.45, 2.75) is 56.2 Å². The first-order valence-corrected chi connectivity index (χ1v) is 10.6. The fourth-order valence-corrected chi connectivity index (χ4v) is 4.18. The number of benzene rings is 3. The summed E-state index contributed by atoms with van der Waals surface area (Å²) in [4.78, 5) is 4.08. The summed E-state index contributed by atoms with van der Waals surface area (Å²) in [5.74, 6) is 0. The van der Waals surface area contributed by atoms with Crippen LogP contribution in [-0.2, 0) is 10.9 Å². The lowest BCUT2D eigenvalue weighted by Crippen LogP contribution is -2.04. The zero-order valence-electron chi connectivity index (χ0n) is 17.6. The maximum Gasteiger partial charge on any atom is 0.166 e. The third kappa shape index (κ3) is 8.40. The largest absolute Gasteiger partial charge is 0.358 e. The van der Waals surface area contributed by atoms with E-state index in [2.05, 4.69) is 91.0 Å². The molecule has 0 bridgehead atoms. The molecule has 0 amide bonds. The summed E-state index contributed by atoms with van der Waals surface area (Å²) < 4.78 is 0. The van der Waals surface area contributed by atoms with Crippen molar-refractivity contribution in [3.05, 3.63) is 98.4 Å². The van der Waals surface area contributed by atoms with Crippen molar-refractivity contribution in [1.82, 2.24) is 0 Å². The topological polar surface area (TPSA) is 0 Å². The Morgan fingerprint density at radius 1 is 0.385 bits per heavy atom.